The Morgan fingerprint density at radius 2 is 2.15 bits per heavy atom. The molecule has 0 bridgehead atoms. The lowest BCUT2D eigenvalue weighted by atomic mass is 10.1. The second kappa shape index (κ2) is 8.19. The molecule has 20 heavy (non-hydrogen) atoms. The van der Waals surface area contributed by atoms with Crippen molar-refractivity contribution in [2.45, 2.75) is 31.5 Å². The molecule has 1 aromatic rings. The molecule has 0 saturated carbocycles. The quantitative estimate of drug-likeness (QED) is 0.800. The fraction of sp³-hybridized carbons (Fsp3) is 0.600. The zero-order chi connectivity index (χ0) is 14.2. The number of ether oxygens (including phenoxy) is 2. The van der Waals surface area contributed by atoms with E-state index < -0.39 is 6.10 Å². The van der Waals surface area contributed by atoms with Crippen molar-refractivity contribution in [2.24, 2.45) is 0 Å². The monoisotopic (exact) mass is 283 g/mol. The SMILES string of the molecule is OC(CNCC1CCCCO1)COc1ccc(F)cc1. The molecular weight excluding hydrogens is 261 g/mol. The lowest BCUT2D eigenvalue weighted by Crippen LogP contribution is -2.37. The summed E-state index contributed by atoms with van der Waals surface area (Å²) >= 11 is 0. The summed E-state index contributed by atoms with van der Waals surface area (Å²) in [7, 11) is 0. The van der Waals surface area contributed by atoms with Crippen LogP contribution >= 0.6 is 0 Å². The third-order valence-corrected chi connectivity index (χ3v) is 3.28. The Morgan fingerprint density at radius 1 is 1.35 bits per heavy atom. The Kier molecular flexibility index (Phi) is 6.24. The fourth-order valence-corrected chi connectivity index (χ4v) is 2.16. The van der Waals surface area contributed by atoms with Gasteiger partial charge in [-0.05, 0) is 43.5 Å². The average Bonchev–Trinajstić information content (AvgIpc) is 2.48. The summed E-state index contributed by atoms with van der Waals surface area (Å²) in [6.45, 7) is 2.24. The zero-order valence-corrected chi connectivity index (χ0v) is 11.6. The minimum atomic E-state index is -0.594. The Balaban J connectivity index is 1.57. The fourth-order valence-electron chi connectivity index (χ4n) is 2.16. The zero-order valence-electron chi connectivity index (χ0n) is 11.6. The third-order valence-electron chi connectivity index (χ3n) is 3.28. The maximum absolute atomic E-state index is 12.7. The Bertz CT molecular complexity index is 379. The third kappa shape index (κ3) is 5.45. The van der Waals surface area contributed by atoms with E-state index in [2.05, 4.69) is 5.32 Å². The topological polar surface area (TPSA) is 50.7 Å². The normalized spacial score (nSPS) is 20.6. The molecule has 0 aromatic heterocycles. The van der Waals surface area contributed by atoms with Crippen molar-refractivity contribution in [3.8, 4) is 5.75 Å². The van der Waals surface area contributed by atoms with E-state index in [9.17, 15) is 9.50 Å². The molecule has 2 N–H and O–H groups in total. The van der Waals surface area contributed by atoms with Crippen LogP contribution in [0.3, 0.4) is 0 Å². The molecule has 0 amide bonds. The van der Waals surface area contributed by atoms with E-state index in [0.29, 0.717) is 12.3 Å². The molecule has 1 heterocycles. The molecule has 1 fully saturated rings. The van der Waals surface area contributed by atoms with Gasteiger partial charge in [0.2, 0.25) is 0 Å². The Labute approximate surface area is 118 Å². The summed E-state index contributed by atoms with van der Waals surface area (Å²) in [6.07, 6.45) is 3.10. The summed E-state index contributed by atoms with van der Waals surface area (Å²) < 4.78 is 23.7. The lowest BCUT2D eigenvalue weighted by molar-refractivity contribution is 0.0141. The van der Waals surface area contributed by atoms with Crippen molar-refractivity contribution in [2.75, 3.05) is 26.3 Å². The van der Waals surface area contributed by atoms with Gasteiger partial charge in [-0.2, -0.15) is 0 Å². The smallest absolute Gasteiger partial charge is 0.123 e. The van der Waals surface area contributed by atoms with Gasteiger partial charge < -0.3 is 19.9 Å². The molecule has 2 rings (SSSR count). The van der Waals surface area contributed by atoms with Crippen LogP contribution in [0.5, 0.6) is 5.75 Å². The number of nitrogens with one attached hydrogen (secondary N) is 1. The summed E-state index contributed by atoms with van der Waals surface area (Å²) in [5.41, 5.74) is 0. The predicted molar refractivity (Wildman–Crippen MR) is 74.4 cm³/mol. The van der Waals surface area contributed by atoms with Gasteiger partial charge >= 0.3 is 0 Å². The summed E-state index contributed by atoms with van der Waals surface area (Å²) in [5.74, 6) is 0.258. The highest BCUT2D eigenvalue weighted by molar-refractivity contribution is 5.22. The molecule has 112 valence electrons. The minimum Gasteiger partial charge on any atom is -0.491 e. The van der Waals surface area contributed by atoms with E-state index in [1.165, 1.54) is 18.6 Å². The van der Waals surface area contributed by atoms with Crippen LogP contribution in [0.1, 0.15) is 19.3 Å². The number of rotatable bonds is 7. The number of hydrogen-bond acceptors (Lipinski definition) is 4. The Hall–Kier alpha value is -1.17. The van der Waals surface area contributed by atoms with E-state index >= 15 is 0 Å². The first-order valence-corrected chi connectivity index (χ1v) is 7.13. The van der Waals surface area contributed by atoms with Gasteiger partial charge in [0.1, 0.15) is 24.3 Å². The molecule has 2 unspecified atom stereocenters. The molecule has 0 radical (unpaired) electrons. The first kappa shape index (κ1) is 15.2. The van der Waals surface area contributed by atoms with Crippen LogP contribution < -0.4 is 10.1 Å². The molecule has 1 saturated heterocycles. The first-order chi connectivity index (χ1) is 9.74. The number of aliphatic hydroxyl groups excluding tert-OH is 1. The standard InChI is InChI=1S/C15H22FNO3/c16-12-4-6-14(7-5-12)20-11-13(18)9-17-10-15-3-1-2-8-19-15/h4-7,13,15,17-18H,1-3,8-11H2. The number of hydrogen-bond donors (Lipinski definition) is 2. The molecule has 2 atom stereocenters. The van der Waals surface area contributed by atoms with Crippen LogP contribution in [-0.4, -0.2) is 43.6 Å². The first-order valence-electron chi connectivity index (χ1n) is 7.13. The van der Waals surface area contributed by atoms with Gasteiger partial charge in [0.05, 0.1) is 6.10 Å². The van der Waals surface area contributed by atoms with Crippen LogP contribution in [-0.2, 0) is 4.74 Å². The molecule has 4 nitrogen and oxygen atoms in total. The molecule has 5 heteroatoms. The van der Waals surface area contributed by atoms with Crippen LogP contribution in [0.2, 0.25) is 0 Å². The van der Waals surface area contributed by atoms with Gasteiger partial charge in [0.25, 0.3) is 0 Å². The van der Waals surface area contributed by atoms with Crippen molar-refractivity contribution >= 4 is 0 Å². The van der Waals surface area contributed by atoms with E-state index in [1.54, 1.807) is 12.1 Å². The summed E-state index contributed by atoms with van der Waals surface area (Å²) in [5, 5.41) is 13.0. The minimum absolute atomic E-state index is 0.185. The van der Waals surface area contributed by atoms with Gasteiger partial charge in [-0.1, -0.05) is 0 Å². The highest BCUT2D eigenvalue weighted by Gasteiger charge is 2.14. The van der Waals surface area contributed by atoms with Crippen molar-refractivity contribution < 1.29 is 19.0 Å². The number of halogens is 1. The average molecular weight is 283 g/mol. The second-order valence-electron chi connectivity index (χ2n) is 5.07. The van der Waals surface area contributed by atoms with Gasteiger partial charge in [-0.25, -0.2) is 4.39 Å². The van der Waals surface area contributed by atoms with Gasteiger partial charge in [-0.15, -0.1) is 0 Å². The number of benzene rings is 1. The van der Waals surface area contributed by atoms with E-state index in [4.69, 9.17) is 9.47 Å². The maximum Gasteiger partial charge on any atom is 0.123 e. The second-order valence-corrected chi connectivity index (χ2v) is 5.07. The molecular formula is C15H22FNO3. The van der Waals surface area contributed by atoms with Crippen molar-refractivity contribution in [3.05, 3.63) is 30.1 Å². The number of aliphatic hydroxyl groups is 1. The van der Waals surface area contributed by atoms with Crippen molar-refractivity contribution in [1.29, 1.82) is 0 Å². The Morgan fingerprint density at radius 3 is 2.85 bits per heavy atom. The van der Waals surface area contributed by atoms with Crippen LogP contribution in [0.15, 0.2) is 24.3 Å². The predicted octanol–water partition coefficient (Wildman–Crippen LogP) is 1.72. The highest BCUT2D eigenvalue weighted by Crippen LogP contribution is 2.12. The van der Waals surface area contributed by atoms with Crippen molar-refractivity contribution in [1.82, 2.24) is 5.32 Å². The van der Waals surface area contributed by atoms with Gasteiger partial charge in [0, 0.05) is 19.7 Å². The summed E-state index contributed by atoms with van der Waals surface area (Å²) in [6, 6.07) is 5.76. The molecule has 1 aliphatic rings. The van der Waals surface area contributed by atoms with Crippen LogP contribution in [0.25, 0.3) is 0 Å². The molecule has 1 aromatic carbocycles. The van der Waals surface area contributed by atoms with E-state index in [-0.39, 0.29) is 18.5 Å². The molecule has 0 aliphatic carbocycles. The highest BCUT2D eigenvalue weighted by atomic mass is 19.1. The van der Waals surface area contributed by atoms with Gasteiger partial charge in [-0.3, -0.25) is 0 Å². The molecule has 0 spiro atoms. The van der Waals surface area contributed by atoms with E-state index in [0.717, 1.165) is 26.0 Å². The van der Waals surface area contributed by atoms with Crippen LogP contribution in [0, 0.1) is 5.82 Å². The molecule has 1 aliphatic heterocycles. The van der Waals surface area contributed by atoms with E-state index in [1.807, 2.05) is 0 Å². The van der Waals surface area contributed by atoms with Gasteiger partial charge in [0.15, 0.2) is 0 Å². The lowest BCUT2D eigenvalue weighted by Gasteiger charge is -2.23. The van der Waals surface area contributed by atoms with Crippen LogP contribution in [0.4, 0.5) is 4.39 Å². The van der Waals surface area contributed by atoms with Crippen molar-refractivity contribution in [3.63, 3.8) is 0 Å². The maximum atomic E-state index is 12.7. The largest absolute Gasteiger partial charge is 0.491 e. The summed E-state index contributed by atoms with van der Waals surface area (Å²) in [4.78, 5) is 0.